The van der Waals surface area contributed by atoms with E-state index in [1.807, 2.05) is 26.4 Å². The van der Waals surface area contributed by atoms with Crippen LogP contribution in [0.4, 0.5) is 0 Å². The Morgan fingerprint density at radius 1 is 1.44 bits per heavy atom. The quantitative estimate of drug-likeness (QED) is 0.538. The number of aromatic nitrogens is 2. The van der Waals surface area contributed by atoms with Gasteiger partial charge in [0.05, 0.1) is 13.2 Å². The second-order valence-electron chi connectivity index (χ2n) is 4.18. The molecule has 1 rings (SSSR count). The van der Waals surface area contributed by atoms with E-state index in [0.717, 1.165) is 38.2 Å². The minimum Gasteiger partial charge on any atom is -0.466 e. The third-order valence-corrected chi connectivity index (χ3v) is 2.72. The Kier molecular flexibility index (Phi) is 7.10. The Morgan fingerprint density at radius 2 is 2.28 bits per heavy atom. The first-order valence-corrected chi connectivity index (χ1v) is 6.58. The van der Waals surface area contributed by atoms with Gasteiger partial charge < -0.3 is 14.6 Å². The van der Waals surface area contributed by atoms with Gasteiger partial charge in [-0.2, -0.15) is 0 Å². The number of hydrogen-bond donors (Lipinski definition) is 1. The van der Waals surface area contributed by atoms with Gasteiger partial charge in [-0.3, -0.25) is 4.79 Å². The molecule has 1 aromatic heterocycles. The van der Waals surface area contributed by atoms with Gasteiger partial charge in [-0.1, -0.05) is 6.42 Å². The molecule has 5 nitrogen and oxygen atoms in total. The van der Waals surface area contributed by atoms with Crippen molar-refractivity contribution in [3.05, 3.63) is 18.2 Å². The van der Waals surface area contributed by atoms with E-state index >= 15 is 0 Å². The largest absolute Gasteiger partial charge is 0.466 e. The van der Waals surface area contributed by atoms with Crippen LogP contribution in [0.2, 0.25) is 0 Å². The Balaban J connectivity index is 2.14. The van der Waals surface area contributed by atoms with Gasteiger partial charge in [-0.05, 0) is 26.8 Å². The van der Waals surface area contributed by atoms with Crippen LogP contribution >= 0.6 is 0 Å². The fourth-order valence-corrected chi connectivity index (χ4v) is 1.83. The molecule has 0 aliphatic carbocycles. The summed E-state index contributed by atoms with van der Waals surface area (Å²) in [6, 6.07) is 0. The van der Waals surface area contributed by atoms with Crippen molar-refractivity contribution in [3.63, 3.8) is 0 Å². The maximum Gasteiger partial charge on any atom is 0.305 e. The van der Waals surface area contributed by atoms with Gasteiger partial charge in [-0.25, -0.2) is 4.98 Å². The molecule has 1 heterocycles. The molecule has 18 heavy (non-hydrogen) atoms. The van der Waals surface area contributed by atoms with E-state index in [0.29, 0.717) is 13.0 Å². The minimum atomic E-state index is -0.0870. The standard InChI is InChI=1S/C13H23N3O2/c1-3-18-13(17)7-5-4-6-9-16-10-8-15-12(16)11-14-2/h8,10,14H,3-7,9,11H2,1-2H3. The van der Waals surface area contributed by atoms with Crippen LogP contribution in [-0.2, 0) is 22.6 Å². The summed E-state index contributed by atoms with van der Waals surface area (Å²) in [6.07, 6.45) is 7.35. The zero-order valence-electron chi connectivity index (χ0n) is 11.3. The van der Waals surface area contributed by atoms with Crippen molar-refractivity contribution in [3.8, 4) is 0 Å². The van der Waals surface area contributed by atoms with Crippen LogP contribution in [0.5, 0.6) is 0 Å². The number of ether oxygens (including phenoxy) is 1. The van der Waals surface area contributed by atoms with E-state index < -0.39 is 0 Å². The molecule has 0 aliphatic rings. The first-order chi connectivity index (χ1) is 8.77. The summed E-state index contributed by atoms with van der Waals surface area (Å²) in [7, 11) is 1.92. The summed E-state index contributed by atoms with van der Waals surface area (Å²) in [5, 5.41) is 3.10. The lowest BCUT2D eigenvalue weighted by Crippen LogP contribution is -2.12. The van der Waals surface area contributed by atoms with E-state index in [4.69, 9.17) is 4.74 Å². The van der Waals surface area contributed by atoms with Crippen LogP contribution in [0, 0.1) is 0 Å². The fraction of sp³-hybridized carbons (Fsp3) is 0.692. The number of hydrogen-bond acceptors (Lipinski definition) is 4. The SMILES string of the molecule is CCOC(=O)CCCCCn1ccnc1CNC. The van der Waals surface area contributed by atoms with Crippen LogP contribution in [0.15, 0.2) is 12.4 Å². The van der Waals surface area contributed by atoms with E-state index in [1.54, 1.807) is 0 Å². The molecule has 1 N–H and O–H groups in total. The molecule has 0 aliphatic heterocycles. The van der Waals surface area contributed by atoms with Crippen LogP contribution in [-0.4, -0.2) is 29.2 Å². The second kappa shape index (κ2) is 8.69. The molecule has 0 spiro atoms. The topological polar surface area (TPSA) is 56.2 Å². The van der Waals surface area contributed by atoms with Gasteiger partial charge in [0.2, 0.25) is 0 Å². The lowest BCUT2D eigenvalue weighted by atomic mass is 10.2. The Hall–Kier alpha value is -1.36. The number of nitrogens with zero attached hydrogens (tertiary/aromatic N) is 2. The first-order valence-electron chi connectivity index (χ1n) is 6.58. The Bertz CT molecular complexity index is 350. The molecule has 0 saturated heterocycles. The average Bonchev–Trinajstić information content (AvgIpc) is 2.77. The summed E-state index contributed by atoms with van der Waals surface area (Å²) in [5.74, 6) is 0.971. The Labute approximate surface area is 109 Å². The predicted octanol–water partition coefficient (Wildman–Crippen LogP) is 1.73. The maximum atomic E-state index is 11.1. The van der Waals surface area contributed by atoms with Crippen molar-refractivity contribution in [2.45, 2.75) is 45.7 Å². The average molecular weight is 253 g/mol. The molecule has 0 radical (unpaired) electrons. The zero-order valence-corrected chi connectivity index (χ0v) is 11.3. The van der Waals surface area contributed by atoms with Gasteiger partial charge in [0.15, 0.2) is 0 Å². The van der Waals surface area contributed by atoms with Crippen molar-refractivity contribution in [2.24, 2.45) is 0 Å². The summed E-state index contributed by atoms with van der Waals surface area (Å²) in [4.78, 5) is 15.4. The first kappa shape index (κ1) is 14.7. The van der Waals surface area contributed by atoms with Crippen molar-refractivity contribution in [1.29, 1.82) is 0 Å². The van der Waals surface area contributed by atoms with Crippen molar-refractivity contribution in [1.82, 2.24) is 14.9 Å². The van der Waals surface area contributed by atoms with Gasteiger partial charge in [-0.15, -0.1) is 0 Å². The number of unbranched alkanes of at least 4 members (excludes halogenated alkanes) is 2. The molecule has 1 aromatic rings. The van der Waals surface area contributed by atoms with Crippen molar-refractivity contribution >= 4 is 5.97 Å². The smallest absolute Gasteiger partial charge is 0.305 e. The number of esters is 1. The van der Waals surface area contributed by atoms with Crippen LogP contribution < -0.4 is 5.32 Å². The van der Waals surface area contributed by atoms with E-state index in [-0.39, 0.29) is 5.97 Å². The fourth-order valence-electron chi connectivity index (χ4n) is 1.83. The summed E-state index contributed by atoms with van der Waals surface area (Å²) in [5.41, 5.74) is 0. The third kappa shape index (κ3) is 5.31. The molecule has 0 aromatic carbocycles. The highest BCUT2D eigenvalue weighted by Crippen LogP contribution is 2.05. The summed E-state index contributed by atoms with van der Waals surface area (Å²) in [6.45, 7) is 4.05. The molecule has 5 heteroatoms. The molecule has 0 saturated carbocycles. The van der Waals surface area contributed by atoms with E-state index in [9.17, 15) is 4.79 Å². The normalized spacial score (nSPS) is 10.6. The van der Waals surface area contributed by atoms with Gasteiger partial charge in [0.1, 0.15) is 5.82 Å². The summed E-state index contributed by atoms with van der Waals surface area (Å²) >= 11 is 0. The highest BCUT2D eigenvalue weighted by Gasteiger charge is 2.03. The highest BCUT2D eigenvalue weighted by molar-refractivity contribution is 5.69. The number of imidazole rings is 1. The molecule has 0 unspecified atom stereocenters. The molecule has 0 amide bonds. The van der Waals surface area contributed by atoms with E-state index in [1.165, 1.54) is 0 Å². The summed E-state index contributed by atoms with van der Waals surface area (Å²) < 4.78 is 7.04. The van der Waals surface area contributed by atoms with Crippen LogP contribution in [0.3, 0.4) is 0 Å². The lowest BCUT2D eigenvalue weighted by molar-refractivity contribution is -0.143. The monoisotopic (exact) mass is 253 g/mol. The molecule has 102 valence electrons. The lowest BCUT2D eigenvalue weighted by Gasteiger charge is -2.07. The second-order valence-corrected chi connectivity index (χ2v) is 4.18. The molecule has 0 fully saturated rings. The minimum absolute atomic E-state index is 0.0870. The number of nitrogens with one attached hydrogen (secondary N) is 1. The predicted molar refractivity (Wildman–Crippen MR) is 70.1 cm³/mol. The molecular formula is C13H23N3O2. The van der Waals surface area contributed by atoms with Crippen molar-refractivity contribution < 1.29 is 9.53 Å². The molecule has 0 atom stereocenters. The van der Waals surface area contributed by atoms with Gasteiger partial charge in [0, 0.05) is 25.4 Å². The highest BCUT2D eigenvalue weighted by atomic mass is 16.5. The number of aryl methyl sites for hydroxylation is 1. The van der Waals surface area contributed by atoms with Crippen LogP contribution in [0.1, 0.15) is 38.4 Å². The molecule has 0 bridgehead atoms. The number of carbonyl (C=O) groups is 1. The van der Waals surface area contributed by atoms with Gasteiger partial charge in [0.25, 0.3) is 0 Å². The molecular weight excluding hydrogens is 230 g/mol. The maximum absolute atomic E-state index is 11.1. The number of carbonyl (C=O) groups excluding carboxylic acids is 1. The van der Waals surface area contributed by atoms with Crippen molar-refractivity contribution in [2.75, 3.05) is 13.7 Å². The Morgan fingerprint density at radius 3 is 3.00 bits per heavy atom. The van der Waals surface area contributed by atoms with E-state index in [2.05, 4.69) is 14.9 Å². The zero-order chi connectivity index (χ0) is 13.2. The third-order valence-electron chi connectivity index (χ3n) is 2.72. The van der Waals surface area contributed by atoms with Gasteiger partial charge >= 0.3 is 5.97 Å². The number of rotatable bonds is 9. The van der Waals surface area contributed by atoms with Crippen LogP contribution in [0.25, 0.3) is 0 Å².